The Balaban J connectivity index is 0.00000448. The summed E-state index contributed by atoms with van der Waals surface area (Å²) >= 11 is 0. The normalized spacial score (nSPS) is 16.2. The van der Waals surface area contributed by atoms with Crippen LogP contribution in [0.3, 0.4) is 0 Å². The molecule has 1 aliphatic carbocycles. The van der Waals surface area contributed by atoms with E-state index in [1.54, 1.807) is 0 Å². The molecule has 6 heteroatoms. The average molecular weight is 858 g/mol. The molecule has 0 N–H and O–H groups in total. The summed E-state index contributed by atoms with van der Waals surface area (Å²) in [5, 5.41) is 7.51. The van der Waals surface area contributed by atoms with Gasteiger partial charge in [-0.15, -0.1) is 41.3 Å². The van der Waals surface area contributed by atoms with Crippen molar-refractivity contribution in [2.75, 3.05) is 0 Å². The number of rotatable bonds is 10. The minimum atomic E-state index is 0. The van der Waals surface area contributed by atoms with E-state index in [1.165, 1.54) is 39.8 Å². The van der Waals surface area contributed by atoms with Crippen LogP contribution in [-0.2, 0) is 27.5 Å². The Labute approximate surface area is 318 Å². The summed E-state index contributed by atoms with van der Waals surface area (Å²) in [6.07, 6.45) is 10.1. The van der Waals surface area contributed by atoms with Gasteiger partial charge in [0.2, 0.25) is 0 Å². The van der Waals surface area contributed by atoms with Crippen LogP contribution in [0.5, 0.6) is 11.5 Å². The molecule has 0 bridgehead atoms. The maximum absolute atomic E-state index is 6.70. The molecule has 0 fully saturated rings. The molecule has 0 radical (unpaired) electrons. The van der Waals surface area contributed by atoms with E-state index >= 15 is 0 Å². The number of fused-ring (bicyclic) bond motifs is 3. The second kappa shape index (κ2) is 15.3. The van der Waals surface area contributed by atoms with Gasteiger partial charge in [0.25, 0.3) is 0 Å². The van der Waals surface area contributed by atoms with Gasteiger partial charge in [-0.3, -0.25) is 4.68 Å². The molecule has 0 amide bonds. The third-order valence-corrected chi connectivity index (χ3v) is 10.5. The number of aryl methyl sites for hydroxylation is 2. The van der Waals surface area contributed by atoms with Crippen molar-refractivity contribution >= 4 is 21.8 Å². The van der Waals surface area contributed by atoms with Crippen molar-refractivity contribution in [2.45, 2.75) is 105 Å². The van der Waals surface area contributed by atoms with Gasteiger partial charge in [-0.25, -0.2) is 4.98 Å². The maximum Gasteiger partial charge on any atom is 2.00 e. The summed E-state index contributed by atoms with van der Waals surface area (Å²) in [6, 6.07) is 28.7. The molecule has 0 saturated carbocycles. The number of ether oxygens (including phenoxy) is 1. The van der Waals surface area contributed by atoms with E-state index in [0.717, 1.165) is 59.3 Å². The molecule has 2 atom stereocenters. The molecule has 1 aliphatic rings. The van der Waals surface area contributed by atoms with Gasteiger partial charge in [-0.2, -0.15) is 11.2 Å². The molecule has 0 spiro atoms. The number of hydrogen-bond acceptors (Lipinski definition) is 3. The van der Waals surface area contributed by atoms with Gasteiger partial charge in [0, 0.05) is 40.4 Å². The average Bonchev–Trinajstić information content (AvgIpc) is 3.62. The SMILES string of the molecule is CCCCc1ccnc(-n2c3[c-]c(Oc4[c-]c(-n5nc(C)c(C6C(C)=CCC[C@@H]6C)c5C(C)C)cc(C(C)C)c4)ccc3c3ccccc32)c1.[Pt+2]. The molecule has 5 nitrogen and oxygen atoms in total. The molecular weight excluding hydrogens is 808 g/mol. The number of allylic oxidation sites excluding steroid dienone is 2. The van der Waals surface area contributed by atoms with Gasteiger partial charge in [-0.1, -0.05) is 83.3 Å². The molecule has 266 valence electrons. The van der Waals surface area contributed by atoms with Crippen LogP contribution in [0.15, 0.2) is 78.5 Å². The smallest absolute Gasteiger partial charge is 0.509 e. The fourth-order valence-corrected chi connectivity index (χ4v) is 7.97. The van der Waals surface area contributed by atoms with E-state index < -0.39 is 0 Å². The summed E-state index contributed by atoms with van der Waals surface area (Å²) in [7, 11) is 0. The van der Waals surface area contributed by atoms with Gasteiger partial charge in [0.15, 0.2) is 0 Å². The fraction of sp³-hybridized carbons (Fsp3) is 0.378. The Morgan fingerprint density at radius 1 is 0.922 bits per heavy atom. The van der Waals surface area contributed by atoms with Crippen LogP contribution >= 0.6 is 0 Å². The largest absolute Gasteiger partial charge is 2.00 e. The first kappa shape index (κ1) is 36.8. The Morgan fingerprint density at radius 2 is 1.73 bits per heavy atom. The van der Waals surface area contributed by atoms with Crippen LogP contribution in [0.1, 0.15) is 120 Å². The minimum Gasteiger partial charge on any atom is -0.509 e. The number of hydrogen-bond donors (Lipinski definition) is 0. The van der Waals surface area contributed by atoms with Crippen molar-refractivity contribution in [3.63, 3.8) is 0 Å². The number of aromatic nitrogens is 4. The van der Waals surface area contributed by atoms with Gasteiger partial charge in [0.05, 0.1) is 5.69 Å². The van der Waals surface area contributed by atoms with Gasteiger partial charge < -0.3 is 9.30 Å². The Morgan fingerprint density at radius 3 is 2.47 bits per heavy atom. The van der Waals surface area contributed by atoms with E-state index in [4.69, 9.17) is 14.8 Å². The Kier molecular flexibility index (Phi) is 11.1. The van der Waals surface area contributed by atoms with Crippen molar-refractivity contribution in [1.29, 1.82) is 0 Å². The first-order valence-corrected chi connectivity index (χ1v) is 18.6. The van der Waals surface area contributed by atoms with Crippen LogP contribution in [0, 0.1) is 25.0 Å². The van der Waals surface area contributed by atoms with Gasteiger partial charge >= 0.3 is 21.1 Å². The standard InChI is InChI=1S/C45H50N4O.Pt/c1-9-10-16-33-21-22-46-42(23-33)48-40-18-12-11-17-38(40)39-20-19-36(27-41(39)48)50-37-25-34(28(2)3)24-35(26-37)49-45(29(4)5)44(32(8)47-49)43-30(6)14-13-15-31(43)7;/h11-12,14,17-25,28-29,31,43H,9-10,13,15-16H2,1-8H3;/q-2;+2/t31-,43?;/m0./s1. The second-order valence-corrected chi connectivity index (χ2v) is 14.9. The summed E-state index contributed by atoms with van der Waals surface area (Å²) in [4.78, 5) is 4.84. The molecule has 6 aromatic rings. The molecule has 3 aromatic heterocycles. The first-order chi connectivity index (χ1) is 24.1. The number of para-hydroxylation sites is 1. The fourth-order valence-electron chi connectivity index (χ4n) is 7.97. The van der Waals surface area contributed by atoms with Crippen LogP contribution in [0.4, 0.5) is 0 Å². The van der Waals surface area contributed by atoms with E-state index in [9.17, 15) is 0 Å². The molecule has 7 rings (SSSR count). The molecule has 1 unspecified atom stereocenters. The predicted octanol–water partition coefficient (Wildman–Crippen LogP) is 12.1. The van der Waals surface area contributed by atoms with Crippen molar-refractivity contribution < 1.29 is 25.8 Å². The van der Waals surface area contributed by atoms with Crippen LogP contribution in [-0.4, -0.2) is 19.3 Å². The Bertz CT molecular complexity index is 2200. The van der Waals surface area contributed by atoms with Gasteiger partial charge in [-0.05, 0) is 92.1 Å². The maximum atomic E-state index is 6.70. The summed E-state index contributed by atoms with van der Waals surface area (Å²) < 4.78 is 11.1. The van der Waals surface area contributed by atoms with E-state index in [1.807, 2.05) is 12.3 Å². The number of unbranched alkanes of at least 4 members (excludes halogenated alkanes) is 1. The Hall–Kier alpha value is -3.95. The first-order valence-electron chi connectivity index (χ1n) is 18.6. The number of benzene rings is 3. The zero-order chi connectivity index (χ0) is 35.1. The van der Waals surface area contributed by atoms with E-state index in [-0.39, 0.29) is 21.1 Å². The summed E-state index contributed by atoms with van der Waals surface area (Å²) in [5.74, 6) is 3.76. The second-order valence-electron chi connectivity index (χ2n) is 14.9. The van der Waals surface area contributed by atoms with Crippen LogP contribution < -0.4 is 4.74 Å². The van der Waals surface area contributed by atoms with E-state index in [2.05, 4.69) is 137 Å². The molecule has 51 heavy (non-hydrogen) atoms. The monoisotopic (exact) mass is 857 g/mol. The zero-order valence-electron chi connectivity index (χ0n) is 31.3. The quantitative estimate of drug-likeness (QED) is 0.102. The number of nitrogens with zero attached hydrogens (tertiary/aromatic N) is 4. The molecule has 0 saturated heterocycles. The molecule has 3 heterocycles. The minimum absolute atomic E-state index is 0. The molecule has 3 aromatic carbocycles. The topological polar surface area (TPSA) is 44.9 Å². The van der Waals surface area contributed by atoms with Crippen LogP contribution in [0.25, 0.3) is 33.3 Å². The summed E-state index contributed by atoms with van der Waals surface area (Å²) in [5.41, 5.74) is 10.7. The van der Waals surface area contributed by atoms with Crippen molar-refractivity contribution in [2.24, 2.45) is 5.92 Å². The third-order valence-electron chi connectivity index (χ3n) is 10.5. The predicted molar refractivity (Wildman–Crippen MR) is 206 cm³/mol. The van der Waals surface area contributed by atoms with Crippen molar-refractivity contribution in [1.82, 2.24) is 19.3 Å². The number of pyridine rings is 1. The molecular formula is C45H50N4OPt. The van der Waals surface area contributed by atoms with Crippen molar-refractivity contribution in [3.8, 4) is 23.0 Å². The third kappa shape index (κ3) is 7.12. The van der Waals surface area contributed by atoms with Crippen LogP contribution in [0.2, 0.25) is 0 Å². The summed E-state index contributed by atoms with van der Waals surface area (Å²) in [6.45, 7) is 18.1. The van der Waals surface area contributed by atoms with Gasteiger partial charge in [0.1, 0.15) is 5.82 Å². The van der Waals surface area contributed by atoms with E-state index in [0.29, 0.717) is 35.2 Å². The zero-order valence-corrected chi connectivity index (χ0v) is 33.6. The van der Waals surface area contributed by atoms with Crippen molar-refractivity contribution in [3.05, 3.63) is 119 Å². The molecule has 0 aliphatic heterocycles.